The van der Waals surface area contributed by atoms with Crippen LogP contribution in [0.1, 0.15) is 45.6 Å². The highest BCUT2D eigenvalue weighted by atomic mass is 35.5. The second-order valence-electron chi connectivity index (χ2n) is 7.71. The van der Waals surface area contributed by atoms with Gasteiger partial charge in [0.25, 0.3) is 0 Å². The van der Waals surface area contributed by atoms with Crippen LogP contribution in [-0.2, 0) is 19.1 Å². The van der Waals surface area contributed by atoms with Crippen LogP contribution in [0.3, 0.4) is 0 Å². The van der Waals surface area contributed by atoms with E-state index in [9.17, 15) is 9.59 Å². The molecule has 3 atom stereocenters. The quantitative estimate of drug-likeness (QED) is 0.631. The summed E-state index contributed by atoms with van der Waals surface area (Å²) in [5.74, 6) is 0.784. The summed E-state index contributed by atoms with van der Waals surface area (Å²) in [6.07, 6.45) is 2.98. The van der Waals surface area contributed by atoms with Crippen molar-refractivity contribution in [2.75, 3.05) is 13.2 Å². The van der Waals surface area contributed by atoms with Gasteiger partial charge in [0.15, 0.2) is 13.2 Å². The lowest BCUT2D eigenvalue weighted by Crippen LogP contribution is -2.37. The summed E-state index contributed by atoms with van der Waals surface area (Å²) in [7, 11) is 0. The molecule has 27 heavy (non-hydrogen) atoms. The molecule has 0 saturated heterocycles. The first kappa shape index (κ1) is 21.5. The molecule has 6 heteroatoms. The largest absolute Gasteiger partial charge is 0.482 e. The van der Waals surface area contributed by atoms with E-state index in [0.29, 0.717) is 28.5 Å². The minimum atomic E-state index is -0.612. The summed E-state index contributed by atoms with van der Waals surface area (Å²) in [6.45, 7) is 7.64. The predicted octanol–water partition coefficient (Wildman–Crippen LogP) is 4.57. The molecule has 1 aromatic carbocycles. The third kappa shape index (κ3) is 6.73. The van der Waals surface area contributed by atoms with Crippen LogP contribution in [0, 0.1) is 24.7 Å². The molecule has 0 unspecified atom stereocenters. The minimum Gasteiger partial charge on any atom is -0.482 e. The third-order valence-electron chi connectivity index (χ3n) is 5.08. The molecule has 1 aromatic rings. The highest BCUT2D eigenvalue weighted by Gasteiger charge is 2.33. The molecule has 0 spiro atoms. The molecule has 1 aliphatic rings. The number of benzene rings is 1. The number of ether oxygens (including phenoxy) is 3. The van der Waals surface area contributed by atoms with Crippen LogP contribution < -0.4 is 4.74 Å². The van der Waals surface area contributed by atoms with Gasteiger partial charge in [0.1, 0.15) is 11.9 Å². The SMILES string of the molecule is Cc1cc(Cl)ccc1OCC(=O)OCC(=O)O[C@@H]1C[C@H](C)CC[C@@H]1C(C)C. The molecule has 5 nitrogen and oxygen atoms in total. The number of hydrogen-bond donors (Lipinski definition) is 0. The van der Waals surface area contributed by atoms with E-state index in [1.54, 1.807) is 18.2 Å². The van der Waals surface area contributed by atoms with E-state index in [0.717, 1.165) is 24.8 Å². The lowest BCUT2D eigenvalue weighted by Gasteiger charge is -2.36. The van der Waals surface area contributed by atoms with Gasteiger partial charge in [0, 0.05) is 5.02 Å². The number of halogens is 1. The van der Waals surface area contributed by atoms with Gasteiger partial charge in [-0.25, -0.2) is 9.59 Å². The van der Waals surface area contributed by atoms with Gasteiger partial charge >= 0.3 is 11.9 Å². The van der Waals surface area contributed by atoms with Crippen LogP contribution in [0.15, 0.2) is 18.2 Å². The lowest BCUT2D eigenvalue weighted by atomic mass is 9.75. The van der Waals surface area contributed by atoms with E-state index in [1.807, 2.05) is 6.92 Å². The first-order chi connectivity index (χ1) is 12.8. The van der Waals surface area contributed by atoms with E-state index in [1.165, 1.54) is 0 Å². The first-order valence-electron chi connectivity index (χ1n) is 9.50. The Kier molecular flexibility index (Phi) is 7.96. The molecule has 1 saturated carbocycles. The van der Waals surface area contributed by atoms with Crippen LogP contribution in [0.25, 0.3) is 0 Å². The molecule has 0 radical (unpaired) electrons. The predicted molar refractivity (Wildman–Crippen MR) is 104 cm³/mol. The summed E-state index contributed by atoms with van der Waals surface area (Å²) < 4.78 is 16.0. The zero-order valence-corrected chi connectivity index (χ0v) is 17.3. The lowest BCUT2D eigenvalue weighted by molar-refractivity contribution is -0.167. The molecular weight excluding hydrogens is 368 g/mol. The molecule has 0 N–H and O–H groups in total. The third-order valence-corrected chi connectivity index (χ3v) is 5.31. The van der Waals surface area contributed by atoms with Crippen LogP contribution >= 0.6 is 11.6 Å². The molecule has 0 bridgehead atoms. The average Bonchev–Trinajstić information content (AvgIpc) is 2.59. The number of rotatable bonds is 7. The Morgan fingerprint density at radius 2 is 1.93 bits per heavy atom. The molecule has 0 aliphatic heterocycles. The second kappa shape index (κ2) is 9.98. The molecule has 2 rings (SSSR count). The smallest absolute Gasteiger partial charge is 0.344 e. The van der Waals surface area contributed by atoms with Gasteiger partial charge in [-0.05, 0) is 61.3 Å². The minimum absolute atomic E-state index is 0.104. The standard InChI is InChI=1S/C21H29ClO5/c1-13(2)17-7-5-14(3)9-19(17)27-21(24)12-26-20(23)11-25-18-8-6-16(22)10-15(18)4/h6,8,10,13-14,17,19H,5,7,9,11-12H2,1-4H3/t14-,17-,19-/m1/s1. The molecule has 0 amide bonds. The van der Waals surface area contributed by atoms with E-state index >= 15 is 0 Å². The van der Waals surface area contributed by atoms with Crippen molar-refractivity contribution >= 4 is 23.5 Å². The fourth-order valence-electron chi connectivity index (χ4n) is 3.55. The topological polar surface area (TPSA) is 61.8 Å². The van der Waals surface area contributed by atoms with Gasteiger partial charge in [-0.2, -0.15) is 0 Å². The maximum atomic E-state index is 12.1. The Morgan fingerprint density at radius 1 is 1.19 bits per heavy atom. The fraction of sp³-hybridized carbons (Fsp3) is 0.619. The van der Waals surface area contributed by atoms with Crippen molar-refractivity contribution in [3.8, 4) is 5.75 Å². The second-order valence-corrected chi connectivity index (χ2v) is 8.15. The van der Waals surface area contributed by atoms with Crippen molar-refractivity contribution in [2.45, 2.75) is 53.1 Å². The summed E-state index contributed by atoms with van der Waals surface area (Å²) in [6, 6.07) is 5.12. The highest BCUT2D eigenvalue weighted by molar-refractivity contribution is 6.30. The van der Waals surface area contributed by atoms with Gasteiger partial charge in [0.2, 0.25) is 0 Å². The highest BCUT2D eigenvalue weighted by Crippen LogP contribution is 2.35. The molecule has 150 valence electrons. The Balaban J connectivity index is 1.76. The molecule has 1 aliphatic carbocycles. The van der Waals surface area contributed by atoms with Crippen molar-refractivity contribution in [1.82, 2.24) is 0 Å². The van der Waals surface area contributed by atoms with Gasteiger partial charge < -0.3 is 14.2 Å². The zero-order valence-electron chi connectivity index (χ0n) is 16.5. The van der Waals surface area contributed by atoms with Gasteiger partial charge in [0.05, 0.1) is 0 Å². The molecule has 1 fully saturated rings. The Labute approximate surface area is 166 Å². The first-order valence-corrected chi connectivity index (χ1v) is 9.88. The number of carbonyl (C=O) groups excluding carboxylic acids is 2. The van der Waals surface area contributed by atoms with Crippen LogP contribution in [-0.4, -0.2) is 31.3 Å². The maximum Gasteiger partial charge on any atom is 0.344 e. The monoisotopic (exact) mass is 396 g/mol. The van der Waals surface area contributed by atoms with Gasteiger partial charge in [-0.3, -0.25) is 0 Å². The Hall–Kier alpha value is -1.75. The van der Waals surface area contributed by atoms with Crippen molar-refractivity contribution < 1.29 is 23.8 Å². The summed E-state index contributed by atoms with van der Waals surface area (Å²) >= 11 is 5.88. The van der Waals surface area contributed by atoms with Crippen molar-refractivity contribution in [3.05, 3.63) is 28.8 Å². The van der Waals surface area contributed by atoms with Gasteiger partial charge in [-0.15, -0.1) is 0 Å². The molecule has 0 aromatic heterocycles. The normalized spacial score (nSPS) is 22.4. The Bertz CT molecular complexity index is 658. The van der Waals surface area contributed by atoms with Crippen LogP contribution in [0.4, 0.5) is 0 Å². The number of hydrogen-bond acceptors (Lipinski definition) is 5. The summed E-state index contributed by atoms with van der Waals surface area (Å²) in [5, 5.41) is 0.599. The van der Waals surface area contributed by atoms with E-state index in [4.69, 9.17) is 25.8 Å². The molecule has 0 heterocycles. The number of carbonyl (C=O) groups is 2. The Morgan fingerprint density at radius 3 is 2.59 bits per heavy atom. The maximum absolute atomic E-state index is 12.1. The van der Waals surface area contributed by atoms with Gasteiger partial charge in [-0.1, -0.05) is 38.8 Å². The molecular formula is C21H29ClO5. The van der Waals surface area contributed by atoms with E-state index in [2.05, 4.69) is 20.8 Å². The van der Waals surface area contributed by atoms with Crippen molar-refractivity contribution in [1.29, 1.82) is 0 Å². The van der Waals surface area contributed by atoms with Crippen LogP contribution in [0.5, 0.6) is 5.75 Å². The van der Waals surface area contributed by atoms with Crippen LogP contribution in [0.2, 0.25) is 5.02 Å². The van der Waals surface area contributed by atoms with Crippen molar-refractivity contribution in [2.24, 2.45) is 17.8 Å². The van der Waals surface area contributed by atoms with Crippen molar-refractivity contribution in [3.63, 3.8) is 0 Å². The number of esters is 2. The zero-order chi connectivity index (χ0) is 20.0. The van der Waals surface area contributed by atoms with E-state index < -0.39 is 18.5 Å². The van der Waals surface area contributed by atoms with E-state index in [-0.39, 0.29) is 12.7 Å². The summed E-state index contributed by atoms with van der Waals surface area (Å²) in [5.41, 5.74) is 0.820. The number of aryl methyl sites for hydroxylation is 1. The fourth-order valence-corrected chi connectivity index (χ4v) is 3.77. The average molecular weight is 397 g/mol. The summed E-state index contributed by atoms with van der Waals surface area (Å²) in [4.78, 5) is 23.9.